The first-order chi connectivity index (χ1) is 11.6. The molecule has 0 aliphatic carbocycles. The fourth-order valence-electron chi connectivity index (χ4n) is 2.48. The van der Waals surface area contributed by atoms with Gasteiger partial charge in [-0.1, -0.05) is 72.3 Å². The van der Waals surface area contributed by atoms with E-state index in [9.17, 15) is 9.90 Å². The average molecular weight is 339 g/mol. The molecule has 3 rings (SSSR count). The molecular formula is C19H15ClN2O2. The lowest BCUT2D eigenvalue weighted by Crippen LogP contribution is -2.41. The van der Waals surface area contributed by atoms with Crippen LogP contribution in [0.25, 0.3) is 0 Å². The molecule has 0 fully saturated rings. The zero-order valence-corrected chi connectivity index (χ0v) is 13.4. The standard InChI is InChI=1S/C19H15ClN2O2/c20-17-16(12-7-13-21-17)22-18(23)19(24,14-8-3-1-4-9-14)15-10-5-2-6-11-15/h1-13,24H,(H,22,23). The molecule has 24 heavy (non-hydrogen) atoms. The first-order valence-electron chi connectivity index (χ1n) is 7.38. The molecule has 0 saturated heterocycles. The monoisotopic (exact) mass is 338 g/mol. The molecular weight excluding hydrogens is 324 g/mol. The van der Waals surface area contributed by atoms with Crippen molar-refractivity contribution < 1.29 is 9.90 Å². The van der Waals surface area contributed by atoms with E-state index in [2.05, 4.69) is 10.3 Å². The minimum absolute atomic E-state index is 0.161. The summed E-state index contributed by atoms with van der Waals surface area (Å²) in [4.78, 5) is 16.9. The highest BCUT2D eigenvalue weighted by Crippen LogP contribution is 2.31. The van der Waals surface area contributed by atoms with E-state index in [1.165, 1.54) is 6.20 Å². The molecule has 3 aromatic rings. The molecule has 1 heterocycles. The lowest BCUT2D eigenvalue weighted by molar-refractivity contribution is -0.131. The number of benzene rings is 2. The average Bonchev–Trinajstić information content (AvgIpc) is 2.64. The minimum atomic E-state index is -1.85. The zero-order chi connectivity index (χ0) is 17.0. The zero-order valence-electron chi connectivity index (χ0n) is 12.7. The van der Waals surface area contributed by atoms with Gasteiger partial charge in [0, 0.05) is 6.20 Å². The van der Waals surface area contributed by atoms with Gasteiger partial charge in [0.15, 0.2) is 10.8 Å². The Morgan fingerprint density at radius 1 is 0.917 bits per heavy atom. The largest absolute Gasteiger partial charge is 0.372 e. The van der Waals surface area contributed by atoms with Gasteiger partial charge in [0.1, 0.15) is 0 Å². The molecule has 0 saturated carbocycles. The van der Waals surface area contributed by atoms with Gasteiger partial charge in [-0.15, -0.1) is 0 Å². The number of nitrogens with zero attached hydrogens (tertiary/aromatic N) is 1. The van der Waals surface area contributed by atoms with Gasteiger partial charge in [-0.3, -0.25) is 4.79 Å². The predicted molar refractivity (Wildman–Crippen MR) is 93.8 cm³/mol. The molecule has 1 aromatic heterocycles. The number of amides is 1. The van der Waals surface area contributed by atoms with E-state index in [0.29, 0.717) is 16.8 Å². The second-order valence-corrected chi connectivity index (χ2v) is 5.60. The summed E-state index contributed by atoms with van der Waals surface area (Å²) in [5, 5.41) is 14.1. The van der Waals surface area contributed by atoms with E-state index >= 15 is 0 Å². The number of hydrogen-bond acceptors (Lipinski definition) is 3. The Kier molecular flexibility index (Phi) is 4.60. The highest BCUT2D eigenvalue weighted by Gasteiger charge is 2.40. The molecule has 0 unspecified atom stereocenters. The summed E-state index contributed by atoms with van der Waals surface area (Å²) >= 11 is 6.00. The summed E-state index contributed by atoms with van der Waals surface area (Å²) in [5.74, 6) is -0.602. The highest BCUT2D eigenvalue weighted by molar-refractivity contribution is 6.32. The molecule has 0 aliphatic heterocycles. The van der Waals surface area contributed by atoms with Crippen molar-refractivity contribution in [1.82, 2.24) is 4.98 Å². The summed E-state index contributed by atoms with van der Waals surface area (Å²) < 4.78 is 0. The highest BCUT2D eigenvalue weighted by atomic mass is 35.5. The quantitative estimate of drug-likeness (QED) is 0.714. The van der Waals surface area contributed by atoms with Crippen LogP contribution in [0.1, 0.15) is 11.1 Å². The van der Waals surface area contributed by atoms with Crippen molar-refractivity contribution in [3.8, 4) is 0 Å². The van der Waals surface area contributed by atoms with Crippen LogP contribution in [-0.4, -0.2) is 16.0 Å². The van der Waals surface area contributed by atoms with E-state index in [1.54, 1.807) is 60.7 Å². The van der Waals surface area contributed by atoms with E-state index in [-0.39, 0.29) is 5.15 Å². The summed E-state index contributed by atoms with van der Waals surface area (Å²) in [6, 6.07) is 20.8. The van der Waals surface area contributed by atoms with E-state index in [0.717, 1.165) is 0 Å². The van der Waals surface area contributed by atoms with E-state index in [4.69, 9.17) is 11.6 Å². The molecule has 0 bridgehead atoms. The number of anilines is 1. The maximum atomic E-state index is 12.9. The van der Waals surface area contributed by atoms with Gasteiger partial charge >= 0.3 is 0 Å². The maximum absolute atomic E-state index is 12.9. The molecule has 2 N–H and O–H groups in total. The first-order valence-corrected chi connectivity index (χ1v) is 7.75. The predicted octanol–water partition coefficient (Wildman–Crippen LogP) is 3.61. The summed E-state index contributed by atoms with van der Waals surface area (Å²) in [7, 11) is 0. The topological polar surface area (TPSA) is 62.2 Å². The Morgan fingerprint density at radius 3 is 1.96 bits per heavy atom. The van der Waals surface area contributed by atoms with Crippen LogP contribution in [0.2, 0.25) is 5.15 Å². The third-order valence-electron chi connectivity index (χ3n) is 3.72. The number of aliphatic hydroxyl groups is 1. The molecule has 0 radical (unpaired) electrons. The second-order valence-electron chi connectivity index (χ2n) is 5.24. The van der Waals surface area contributed by atoms with Gasteiger partial charge < -0.3 is 10.4 Å². The van der Waals surface area contributed by atoms with Crippen LogP contribution in [-0.2, 0) is 10.4 Å². The Hall–Kier alpha value is -2.69. The van der Waals surface area contributed by atoms with E-state index in [1.807, 2.05) is 12.1 Å². The normalized spacial score (nSPS) is 11.1. The van der Waals surface area contributed by atoms with Gasteiger partial charge in [-0.2, -0.15) is 0 Å². The van der Waals surface area contributed by atoms with Crippen LogP contribution in [0.15, 0.2) is 79.0 Å². The third-order valence-corrected chi connectivity index (χ3v) is 4.02. The molecule has 1 amide bonds. The lowest BCUT2D eigenvalue weighted by Gasteiger charge is -2.28. The van der Waals surface area contributed by atoms with Gasteiger partial charge in [-0.05, 0) is 23.3 Å². The number of halogens is 1. The summed E-state index contributed by atoms with van der Waals surface area (Å²) in [6.45, 7) is 0. The molecule has 4 nitrogen and oxygen atoms in total. The number of aromatic nitrogens is 1. The molecule has 120 valence electrons. The van der Waals surface area contributed by atoms with Crippen molar-refractivity contribution in [2.24, 2.45) is 0 Å². The fourth-order valence-corrected chi connectivity index (χ4v) is 2.65. The Bertz CT molecular complexity index is 799. The molecule has 0 spiro atoms. The number of pyridine rings is 1. The summed E-state index contributed by atoms with van der Waals surface area (Å²) in [5.41, 5.74) is -0.571. The van der Waals surface area contributed by atoms with Crippen LogP contribution in [0, 0.1) is 0 Å². The van der Waals surface area contributed by atoms with Crippen molar-refractivity contribution in [1.29, 1.82) is 0 Å². The van der Waals surface area contributed by atoms with Crippen LogP contribution in [0.3, 0.4) is 0 Å². The minimum Gasteiger partial charge on any atom is -0.372 e. The molecule has 5 heteroatoms. The van der Waals surface area contributed by atoms with Crippen molar-refractivity contribution in [3.63, 3.8) is 0 Å². The summed E-state index contributed by atoms with van der Waals surface area (Å²) in [6.07, 6.45) is 1.53. The van der Waals surface area contributed by atoms with Crippen LogP contribution >= 0.6 is 11.6 Å². The Balaban J connectivity index is 2.06. The SMILES string of the molecule is O=C(Nc1cccnc1Cl)C(O)(c1ccccc1)c1ccccc1. The smallest absolute Gasteiger partial charge is 0.265 e. The molecule has 0 atom stereocenters. The van der Waals surface area contributed by atoms with Gasteiger partial charge in [0.25, 0.3) is 5.91 Å². The first kappa shape index (κ1) is 16.2. The maximum Gasteiger partial charge on any atom is 0.265 e. The molecule has 2 aromatic carbocycles. The third kappa shape index (κ3) is 3.02. The van der Waals surface area contributed by atoms with Crippen LogP contribution < -0.4 is 5.32 Å². The number of hydrogen-bond donors (Lipinski definition) is 2. The fraction of sp³-hybridized carbons (Fsp3) is 0.0526. The van der Waals surface area contributed by atoms with Crippen molar-refractivity contribution >= 4 is 23.2 Å². The number of nitrogens with one attached hydrogen (secondary N) is 1. The van der Waals surface area contributed by atoms with Gasteiger partial charge in [0.2, 0.25) is 0 Å². The van der Waals surface area contributed by atoms with Crippen molar-refractivity contribution in [2.45, 2.75) is 5.60 Å². The Morgan fingerprint density at radius 2 is 1.46 bits per heavy atom. The van der Waals surface area contributed by atoms with Gasteiger partial charge in [0.05, 0.1) is 5.69 Å². The number of rotatable bonds is 4. The van der Waals surface area contributed by atoms with Crippen molar-refractivity contribution in [3.05, 3.63) is 95.3 Å². The number of carbonyl (C=O) groups excluding carboxylic acids is 1. The van der Waals surface area contributed by atoms with Crippen LogP contribution in [0.4, 0.5) is 5.69 Å². The van der Waals surface area contributed by atoms with Crippen LogP contribution in [0.5, 0.6) is 0 Å². The van der Waals surface area contributed by atoms with Gasteiger partial charge in [-0.25, -0.2) is 4.98 Å². The lowest BCUT2D eigenvalue weighted by atomic mass is 9.85. The van der Waals surface area contributed by atoms with Crippen molar-refractivity contribution in [2.75, 3.05) is 5.32 Å². The number of carbonyl (C=O) groups is 1. The van der Waals surface area contributed by atoms with E-state index < -0.39 is 11.5 Å². The Labute approximate surface area is 144 Å². The second kappa shape index (κ2) is 6.83. The molecule has 0 aliphatic rings.